The fourth-order valence-electron chi connectivity index (χ4n) is 1.59. The second kappa shape index (κ2) is 8.52. The summed E-state index contributed by atoms with van der Waals surface area (Å²) >= 11 is 7.36. The normalized spacial score (nSPS) is 11.4. The van der Waals surface area contributed by atoms with Gasteiger partial charge in [-0.05, 0) is 30.7 Å². The van der Waals surface area contributed by atoms with Gasteiger partial charge in [0.05, 0.1) is 18.8 Å². The number of nitrogens with one attached hydrogen (secondary N) is 1. The molecule has 0 aromatic heterocycles. The summed E-state index contributed by atoms with van der Waals surface area (Å²) in [7, 11) is 0. The van der Waals surface area contributed by atoms with E-state index in [9.17, 15) is 15.0 Å². The Balaban J connectivity index is 2.38. The Bertz CT molecular complexity index is 413. The maximum absolute atomic E-state index is 11.8. The van der Waals surface area contributed by atoms with Crippen molar-refractivity contribution in [2.75, 3.05) is 19.0 Å². The summed E-state index contributed by atoms with van der Waals surface area (Å²) in [6, 6.07) is 7.43. The fraction of sp³-hybridized carbons (Fsp3) is 0.500. The van der Waals surface area contributed by atoms with Crippen LogP contribution in [0.4, 0.5) is 0 Å². The number of carbonyl (C=O) groups excluding carboxylic acids is 1. The van der Waals surface area contributed by atoms with E-state index in [2.05, 4.69) is 5.32 Å². The van der Waals surface area contributed by atoms with E-state index in [0.717, 1.165) is 4.90 Å². The van der Waals surface area contributed by atoms with Crippen LogP contribution in [0.15, 0.2) is 29.2 Å². The maximum atomic E-state index is 11.8. The van der Waals surface area contributed by atoms with Gasteiger partial charge >= 0.3 is 0 Å². The standard InChI is InChI=1S/C14H20ClNO3S/c1-2-14(9-17,10-18)16-13(19)7-8-20-12-5-3-11(15)4-6-12/h3-6,17-18H,2,7-10H2,1H3,(H,16,19). The van der Waals surface area contributed by atoms with Crippen LogP contribution < -0.4 is 5.32 Å². The van der Waals surface area contributed by atoms with E-state index >= 15 is 0 Å². The monoisotopic (exact) mass is 317 g/mol. The molecule has 1 aromatic rings. The Morgan fingerprint density at radius 3 is 2.40 bits per heavy atom. The minimum Gasteiger partial charge on any atom is -0.394 e. The van der Waals surface area contributed by atoms with Crippen LogP contribution in [0.25, 0.3) is 0 Å². The molecule has 0 aliphatic carbocycles. The number of thioether (sulfide) groups is 1. The summed E-state index contributed by atoms with van der Waals surface area (Å²) in [5.41, 5.74) is -0.915. The lowest BCUT2D eigenvalue weighted by molar-refractivity contribution is -0.124. The van der Waals surface area contributed by atoms with Gasteiger partial charge in [-0.3, -0.25) is 4.79 Å². The van der Waals surface area contributed by atoms with Crippen molar-refractivity contribution in [1.82, 2.24) is 5.32 Å². The number of aliphatic hydroxyl groups is 2. The third-order valence-corrected chi connectivity index (χ3v) is 4.36. The molecule has 112 valence electrons. The van der Waals surface area contributed by atoms with Gasteiger partial charge in [-0.1, -0.05) is 18.5 Å². The molecule has 4 nitrogen and oxygen atoms in total. The largest absolute Gasteiger partial charge is 0.394 e. The van der Waals surface area contributed by atoms with E-state index in [1.54, 1.807) is 11.8 Å². The molecule has 20 heavy (non-hydrogen) atoms. The quantitative estimate of drug-likeness (QED) is 0.642. The van der Waals surface area contributed by atoms with Gasteiger partial charge in [-0.15, -0.1) is 11.8 Å². The van der Waals surface area contributed by atoms with E-state index in [4.69, 9.17) is 11.6 Å². The average molecular weight is 318 g/mol. The molecule has 1 rings (SSSR count). The van der Waals surface area contributed by atoms with E-state index in [1.165, 1.54) is 0 Å². The van der Waals surface area contributed by atoms with Gasteiger partial charge < -0.3 is 15.5 Å². The molecule has 6 heteroatoms. The van der Waals surface area contributed by atoms with Crippen molar-refractivity contribution >= 4 is 29.3 Å². The molecule has 0 fully saturated rings. The lowest BCUT2D eigenvalue weighted by atomic mass is 9.98. The molecule has 1 aromatic carbocycles. The van der Waals surface area contributed by atoms with Crippen LogP contribution in [0.3, 0.4) is 0 Å². The SMILES string of the molecule is CCC(CO)(CO)NC(=O)CCSc1ccc(Cl)cc1. The summed E-state index contributed by atoms with van der Waals surface area (Å²) in [5, 5.41) is 21.9. The minimum atomic E-state index is -0.915. The first-order valence-electron chi connectivity index (χ1n) is 6.46. The molecule has 1 amide bonds. The zero-order valence-electron chi connectivity index (χ0n) is 11.4. The number of carbonyl (C=O) groups is 1. The molecule has 0 unspecified atom stereocenters. The number of hydrogen-bond donors (Lipinski definition) is 3. The van der Waals surface area contributed by atoms with Gasteiger partial charge in [-0.2, -0.15) is 0 Å². The number of rotatable bonds is 8. The van der Waals surface area contributed by atoms with Crippen LogP contribution in [0, 0.1) is 0 Å². The predicted molar refractivity (Wildman–Crippen MR) is 82.1 cm³/mol. The zero-order chi connectivity index (χ0) is 15.0. The van der Waals surface area contributed by atoms with Gasteiger partial charge in [0.2, 0.25) is 5.91 Å². The molecule has 0 heterocycles. The smallest absolute Gasteiger partial charge is 0.221 e. The summed E-state index contributed by atoms with van der Waals surface area (Å²) < 4.78 is 0. The van der Waals surface area contributed by atoms with Gasteiger partial charge in [-0.25, -0.2) is 0 Å². The Hall–Kier alpha value is -0.750. The summed E-state index contributed by atoms with van der Waals surface area (Å²) in [6.45, 7) is 1.28. The number of hydrogen-bond acceptors (Lipinski definition) is 4. The maximum Gasteiger partial charge on any atom is 0.221 e. The first-order chi connectivity index (χ1) is 9.55. The van der Waals surface area contributed by atoms with Gasteiger partial charge in [0.15, 0.2) is 0 Å². The lowest BCUT2D eigenvalue weighted by Gasteiger charge is -2.29. The highest BCUT2D eigenvalue weighted by Gasteiger charge is 2.28. The molecule has 0 radical (unpaired) electrons. The van der Waals surface area contributed by atoms with Crippen molar-refractivity contribution < 1.29 is 15.0 Å². The van der Waals surface area contributed by atoms with Crippen LogP contribution in [0.5, 0.6) is 0 Å². The Morgan fingerprint density at radius 2 is 1.90 bits per heavy atom. The van der Waals surface area contributed by atoms with Crippen molar-refractivity contribution in [2.24, 2.45) is 0 Å². The fourth-order valence-corrected chi connectivity index (χ4v) is 2.57. The second-order valence-corrected chi connectivity index (χ2v) is 6.16. The van der Waals surface area contributed by atoms with Crippen LogP contribution >= 0.6 is 23.4 Å². The third-order valence-electron chi connectivity index (χ3n) is 3.10. The molecular weight excluding hydrogens is 298 g/mol. The highest BCUT2D eigenvalue weighted by atomic mass is 35.5. The van der Waals surface area contributed by atoms with Gasteiger partial charge in [0.25, 0.3) is 0 Å². The summed E-state index contributed by atoms with van der Waals surface area (Å²) in [6.07, 6.45) is 0.811. The minimum absolute atomic E-state index is 0.170. The van der Waals surface area contributed by atoms with E-state index in [-0.39, 0.29) is 19.1 Å². The first kappa shape index (κ1) is 17.3. The topological polar surface area (TPSA) is 69.6 Å². The van der Waals surface area contributed by atoms with Crippen molar-refractivity contribution in [3.63, 3.8) is 0 Å². The predicted octanol–water partition coefficient (Wildman–Crippen LogP) is 2.07. The van der Waals surface area contributed by atoms with Gasteiger partial charge in [0.1, 0.15) is 0 Å². The third kappa shape index (κ3) is 5.32. The Kier molecular flexibility index (Phi) is 7.37. The van der Waals surface area contributed by atoms with Crippen LogP contribution in [0.1, 0.15) is 19.8 Å². The number of halogens is 1. The highest BCUT2D eigenvalue weighted by molar-refractivity contribution is 7.99. The van der Waals surface area contributed by atoms with E-state index in [0.29, 0.717) is 23.6 Å². The van der Waals surface area contributed by atoms with Crippen molar-refractivity contribution in [2.45, 2.75) is 30.2 Å². The molecule has 0 spiro atoms. The highest BCUT2D eigenvalue weighted by Crippen LogP contribution is 2.21. The summed E-state index contributed by atoms with van der Waals surface area (Å²) in [4.78, 5) is 12.9. The molecule has 3 N–H and O–H groups in total. The van der Waals surface area contributed by atoms with E-state index < -0.39 is 5.54 Å². The number of aliphatic hydroxyl groups excluding tert-OH is 2. The van der Waals surface area contributed by atoms with Crippen molar-refractivity contribution in [1.29, 1.82) is 0 Å². The van der Waals surface area contributed by atoms with Crippen LogP contribution in [0.2, 0.25) is 5.02 Å². The van der Waals surface area contributed by atoms with Crippen LogP contribution in [-0.4, -0.2) is 40.6 Å². The molecule has 0 bridgehead atoms. The molecular formula is C14H20ClNO3S. The van der Waals surface area contributed by atoms with Crippen molar-refractivity contribution in [3.05, 3.63) is 29.3 Å². The van der Waals surface area contributed by atoms with E-state index in [1.807, 2.05) is 31.2 Å². The number of amides is 1. The molecule has 0 aliphatic rings. The molecule has 0 saturated heterocycles. The average Bonchev–Trinajstić information content (AvgIpc) is 2.47. The summed E-state index contributed by atoms with van der Waals surface area (Å²) in [5.74, 6) is 0.459. The Morgan fingerprint density at radius 1 is 1.30 bits per heavy atom. The van der Waals surface area contributed by atoms with Crippen LogP contribution in [-0.2, 0) is 4.79 Å². The Labute approximate surface area is 128 Å². The lowest BCUT2D eigenvalue weighted by Crippen LogP contribution is -2.53. The zero-order valence-corrected chi connectivity index (χ0v) is 13.0. The van der Waals surface area contributed by atoms with Crippen molar-refractivity contribution in [3.8, 4) is 0 Å². The molecule has 0 atom stereocenters. The second-order valence-electron chi connectivity index (χ2n) is 4.55. The first-order valence-corrected chi connectivity index (χ1v) is 7.82. The molecule has 0 saturated carbocycles. The molecule has 0 aliphatic heterocycles. The van der Waals surface area contributed by atoms with Gasteiger partial charge in [0, 0.05) is 22.1 Å². The number of benzene rings is 1.